The van der Waals surface area contributed by atoms with Crippen LogP contribution in [0, 0.1) is 0 Å². The molecule has 2 amide bonds. The molecule has 0 aliphatic carbocycles. The zero-order valence-corrected chi connectivity index (χ0v) is 15.2. The van der Waals surface area contributed by atoms with E-state index in [4.69, 9.17) is 4.74 Å². The van der Waals surface area contributed by atoms with Gasteiger partial charge in [-0.1, -0.05) is 42.5 Å². The first-order valence-electron chi connectivity index (χ1n) is 8.90. The second-order valence-corrected chi connectivity index (χ2v) is 6.44. The molecular formula is C23H15NO5. The highest BCUT2D eigenvalue weighted by Gasteiger charge is 2.36. The van der Waals surface area contributed by atoms with E-state index in [0.29, 0.717) is 11.1 Å². The number of ether oxygens (including phenoxy) is 1. The van der Waals surface area contributed by atoms with Crippen molar-refractivity contribution in [3.05, 3.63) is 101 Å². The first-order valence-corrected chi connectivity index (χ1v) is 8.90. The monoisotopic (exact) mass is 385 g/mol. The number of carbonyl (C=O) groups excluding carboxylic acids is 4. The second kappa shape index (κ2) is 7.52. The molecule has 6 heteroatoms. The summed E-state index contributed by atoms with van der Waals surface area (Å²) in [6.45, 7) is -0.489. The lowest BCUT2D eigenvalue weighted by Gasteiger charge is -2.13. The van der Waals surface area contributed by atoms with Crippen LogP contribution < -0.4 is 4.74 Å². The lowest BCUT2D eigenvalue weighted by Crippen LogP contribution is -2.36. The lowest BCUT2D eigenvalue weighted by molar-refractivity contribution is -0.134. The number of fused-ring (bicyclic) bond motifs is 1. The van der Waals surface area contributed by atoms with E-state index in [1.807, 2.05) is 6.07 Å². The highest BCUT2D eigenvalue weighted by molar-refractivity contribution is 6.22. The summed E-state index contributed by atoms with van der Waals surface area (Å²) in [6.07, 6.45) is 0. The smallest absolute Gasteiger partial charge is 0.331 e. The Morgan fingerprint density at radius 1 is 0.690 bits per heavy atom. The third-order valence-corrected chi connectivity index (χ3v) is 4.55. The Balaban J connectivity index is 1.41. The molecule has 0 atom stereocenters. The van der Waals surface area contributed by atoms with Gasteiger partial charge in [-0.15, -0.1) is 0 Å². The van der Waals surface area contributed by atoms with E-state index in [1.165, 1.54) is 12.1 Å². The number of carbonyl (C=O) groups is 4. The van der Waals surface area contributed by atoms with E-state index >= 15 is 0 Å². The maximum atomic E-state index is 12.4. The van der Waals surface area contributed by atoms with Gasteiger partial charge in [0, 0.05) is 11.1 Å². The molecule has 0 radical (unpaired) electrons. The van der Waals surface area contributed by atoms with Crippen molar-refractivity contribution in [1.82, 2.24) is 4.90 Å². The van der Waals surface area contributed by atoms with Gasteiger partial charge in [-0.05, 0) is 36.4 Å². The molecule has 1 aliphatic rings. The number of ketones is 1. The number of amides is 2. The summed E-state index contributed by atoms with van der Waals surface area (Å²) >= 11 is 0. The van der Waals surface area contributed by atoms with E-state index in [9.17, 15) is 19.2 Å². The standard InChI is InChI=1S/C23H15NO5/c25-20(14-24-22(27)18-8-4-5-9-19(18)23(24)28)29-17-12-10-16(11-13-17)21(26)15-6-2-1-3-7-15/h1-13H,14H2. The number of hydrogen-bond acceptors (Lipinski definition) is 5. The number of esters is 1. The van der Waals surface area contributed by atoms with Crippen molar-refractivity contribution >= 4 is 23.6 Å². The third kappa shape index (κ3) is 3.55. The van der Waals surface area contributed by atoms with E-state index in [-0.39, 0.29) is 22.7 Å². The van der Waals surface area contributed by atoms with Gasteiger partial charge in [0.25, 0.3) is 11.8 Å². The molecule has 29 heavy (non-hydrogen) atoms. The molecule has 3 aromatic rings. The summed E-state index contributed by atoms with van der Waals surface area (Å²) in [5.41, 5.74) is 1.56. The Kier molecular flexibility index (Phi) is 4.75. The van der Waals surface area contributed by atoms with Crippen LogP contribution in [0.15, 0.2) is 78.9 Å². The zero-order chi connectivity index (χ0) is 20.4. The molecular weight excluding hydrogens is 370 g/mol. The van der Waals surface area contributed by atoms with Gasteiger partial charge < -0.3 is 4.74 Å². The molecule has 1 heterocycles. The molecule has 0 aromatic heterocycles. The van der Waals surface area contributed by atoms with Crippen molar-refractivity contribution in [2.75, 3.05) is 6.54 Å². The van der Waals surface area contributed by atoms with Gasteiger partial charge in [0.2, 0.25) is 0 Å². The summed E-state index contributed by atoms with van der Waals surface area (Å²) in [5.74, 6) is -1.72. The van der Waals surface area contributed by atoms with Crippen LogP contribution in [0.25, 0.3) is 0 Å². The summed E-state index contributed by atoms with van der Waals surface area (Å²) in [4.78, 5) is 50.1. The highest BCUT2D eigenvalue weighted by Crippen LogP contribution is 2.22. The summed E-state index contributed by atoms with van der Waals surface area (Å²) < 4.78 is 5.22. The zero-order valence-electron chi connectivity index (χ0n) is 15.2. The van der Waals surface area contributed by atoms with Crippen LogP contribution in [-0.2, 0) is 4.79 Å². The van der Waals surface area contributed by atoms with Crippen LogP contribution in [0.1, 0.15) is 36.6 Å². The van der Waals surface area contributed by atoms with Crippen molar-refractivity contribution in [2.24, 2.45) is 0 Å². The van der Waals surface area contributed by atoms with Gasteiger partial charge in [-0.25, -0.2) is 4.79 Å². The molecule has 1 aliphatic heterocycles. The lowest BCUT2D eigenvalue weighted by atomic mass is 10.0. The predicted molar refractivity (Wildman–Crippen MR) is 104 cm³/mol. The molecule has 4 rings (SSSR count). The normalized spacial score (nSPS) is 12.6. The average molecular weight is 385 g/mol. The second-order valence-electron chi connectivity index (χ2n) is 6.44. The van der Waals surface area contributed by atoms with Crippen molar-refractivity contribution < 1.29 is 23.9 Å². The molecule has 0 unspecified atom stereocenters. The molecule has 6 nitrogen and oxygen atoms in total. The van der Waals surface area contributed by atoms with Gasteiger partial charge >= 0.3 is 5.97 Å². The largest absolute Gasteiger partial charge is 0.425 e. The average Bonchev–Trinajstić information content (AvgIpc) is 2.99. The molecule has 0 fully saturated rings. The first kappa shape index (κ1) is 18.3. The minimum atomic E-state index is -0.748. The van der Waals surface area contributed by atoms with Gasteiger partial charge in [-0.3, -0.25) is 19.3 Å². The van der Waals surface area contributed by atoms with Gasteiger partial charge in [0.05, 0.1) is 11.1 Å². The quantitative estimate of drug-likeness (QED) is 0.292. The highest BCUT2D eigenvalue weighted by atomic mass is 16.5. The van der Waals surface area contributed by atoms with Crippen molar-refractivity contribution in [1.29, 1.82) is 0 Å². The maximum Gasteiger partial charge on any atom is 0.331 e. The third-order valence-electron chi connectivity index (χ3n) is 4.55. The van der Waals surface area contributed by atoms with Crippen LogP contribution in [0.3, 0.4) is 0 Å². The molecule has 3 aromatic carbocycles. The van der Waals surface area contributed by atoms with Crippen molar-refractivity contribution in [3.63, 3.8) is 0 Å². The fourth-order valence-corrected chi connectivity index (χ4v) is 3.11. The SMILES string of the molecule is O=C(CN1C(=O)c2ccccc2C1=O)Oc1ccc(C(=O)c2ccccc2)cc1. The maximum absolute atomic E-state index is 12.4. The van der Waals surface area contributed by atoms with Gasteiger partial charge in [-0.2, -0.15) is 0 Å². The van der Waals surface area contributed by atoms with Crippen LogP contribution in [0.4, 0.5) is 0 Å². The van der Waals surface area contributed by atoms with E-state index in [2.05, 4.69) is 0 Å². The fourth-order valence-electron chi connectivity index (χ4n) is 3.11. The van der Waals surface area contributed by atoms with E-state index in [0.717, 1.165) is 4.90 Å². The number of rotatable bonds is 5. The van der Waals surface area contributed by atoms with Crippen LogP contribution >= 0.6 is 0 Å². The van der Waals surface area contributed by atoms with Gasteiger partial charge in [0.15, 0.2) is 5.78 Å². The Labute approximate surface area is 166 Å². The number of benzene rings is 3. The minimum absolute atomic E-state index is 0.144. The first-order chi connectivity index (χ1) is 14.0. The number of hydrogen-bond donors (Lipinski definition) is 0. The molecule has 0 saturated carbocycles. The van der Waals surface area contributed by atoms with Crippen LogP contribution in [0.2, 0.25) is 0 Å². The Bertz CT molecular complexity index is 1080. The molecule has 0 bridgehead atoms. The van der Waals surface area contributed by atoms with Crippen molar-refractivity contribution in [2.45, 2.75) is 0 Å². The Morgan fingerprint density at radius 2 is 1.21 bits per heavy atom. The minimum Gasteiger partial charge on any atom is -0.425 e. The Hall–Kier alpha value is -4.06. The summed E-state index contributed by atoms with van der Waals surface area (Å²) in [5, 5.41) is 0. The van der Waals surface area contributed by atoms with Crippen molar-refractivity contribution in [3.8, 4) is 5.75 Å². The Morgan fingerprint density at radius 3 is 1.79 bits per heavy atom. The van der Waals surface area contributed by atoms with E-state index in [1.54, 1.807) is 60.7 Å². The van der Waals surface area contributed by atoms with Crippen LogP contribution in [-0.4, -0.2) is 35.0 Å². The van der Waals surface area contributed by atoms with E-state index < -0.39 is 24.3 Å². The molecule has 0 saturated heterocycles. The predicted octanol–water partition coefficient (Wildman–Crippen LogP) is 3.12. The molecule has 0 spiro atoms. The number of imide groups is 1. The molecule has 142 valence electrons. The fraction of sp³-hybridized carbons (Fsp3) is 0.0435. The molecule has 0 N–H and O–H groups in total. The van der Waals surface area contributed by atoms with Crippen LogP contribution in [0.5, 0.6) is 5.75 Å². The summed E-state index contributed by atoms with van der Waals surface area (Å²) in [6, 6.07) is 21.3. The van der Waals surface area contributed by atoms with Gasteiger partial charge in [0.1, 0.15) is 12.3 Å². The summed E-state index contributed by atoms with van der Waals surface area (Å²) in [7, 11) is 0. The topological polar surface area (TPSA) is 80.8 Å². The number of nitrogens with zero attached hydrogens (tertiary/aromatic N) is 1.